The quantitative estimate of drug-likeness (QED) is 0.731. The summed E-state index contributed by atoms with van der Waals surface area (Å²) >= 11 is 5.37. The standard InChI is InChI=1S/C14H18BrN3OS/c1-20-9-5-4-8-16-10-13-17-18-14(19-13)11-6-2-3-7-12(11)15/h2-3,6-7,16H,4-5,8-10H2,1H3. The zero-order valence-corrected chi connectivity index (χ0v) is 13.8. The van der Waals surface area contributed by atoms with Gasteiger partial charge in [0.2, 0.25) is 11.8 Å². The van der Waals surface area contributed by atoms with Gasteiger partial charge in [0.1, 0.15) is 0 Å². The fourth-order valence-electron chi connectivity index (χ4n) is 1.76. The van der Waals surface area contributed by atoms with Crippen molar-refractivity contribution in [2.75, 3.05) is 18.6 Å². The summed E-state index contributed by atoms with van der Waals surface area (Å²) in [6.07, 6.45) is 4.54. The summed E-state index contributed by atoms with van der Waals surface area (Å²) in [5.41, 5.74) is 0.922. The Morgan fingerprint density at radius 2 is 2.10 bits per heavy atom. The van der Waals surface area contributed by atoms with Gasteiger partial charge in [-0.25, -0.2) is 0 Å². The van der Waals surface area contributed by atoms with E-state index in [0.29, 0.717) is 18.3 Å². The maximum absolute atomic E-state index is 5.66. The van der Waals surface area contributed by atoms with Crippen LogP contribution in [0.3, 0.4) is 0 Å². The van der Waals surface area contributed by atoms with E-state index in [0.717, 1.165) is 16.6 Å². The molecular formula is C14H18BrN3OS. The van der Waals surface area contributed by atoms with Crippen molar-refractivity contribution in [1.82, 2.24) is 15.5 Å². The predicted molar refractivity (Wildman–Crippen MR) is 86.8 cm³/mol. The molecule has 1 aromatic heterocycles. The second-order valence-corrected chi connectivity index (χ2v) is 6.20. The monoisotopic (exact) mass is 355 g/mol. The Balaban J connectivity index is 1.82. The number of hydrogen-bond donors (Lipinski definition) is 1. The van der Waals surface area contributed by atoms with Gasteiger partial charge in [-0.1, -0.05) is 12.1 Å². The van der Waals surface area contributed by atoms with E-state index >= 15 is 0 Å². The third-order valence-corrected chi connectivity index (χ3v) is 4.19. The maximum Gasteiger partial charge on any atom is 0.248 e. The van der Waals surface area contributed by atoms with Gasteiger partial charge in [0, 0.05) is 4.47 Å². The Morgan fingerprint density at radius 3 is 2.90 bits per heavy atom. The Hall–Kier alpha value is -0.850. The number of nitrogens with one attached hydrogen (secondary N) is 1. The summed E-state index contributed by atoms with van der Waals surface area (Å²) in [7, 11) is 0. The highest BCUT2D eigenvalue weighted by atomic mass is 79.9. The van der Waals surface area contributed by atoms with Gasteiger partial charge in [0.05, 0.1) is 12.1 Å². The van der Waals surface area contributed by atoms with Gasteiger partial charge in [-0.2, -0.15) is 11.8 Å². The summed E-state index contributed by atoms with van der Waals surface area (Å²) in [6.45, 7) is 1.60. The normalized spacial score (nSPS) is 10.9. The van der Waals surface area contributed by atoms with Crippen LogP contribution >= 0.6 is 27.7 Å². The topological polar surface area (TPSA) is 51.0 Å². The molecule has 1 aromatic carbocycles. The van der Waals surface area contributed by atoms with E-state index in [1.807, 2.05) is 36.0 Å². The van der Waals surface area contributed by atoms with Crippen molar-refractivity contribution in [2.45, 2.75) is 19.4 Å². The van der Waals surface area contributed by atoms with Crippen LogP contribution in [0.1, 0.15) is 18.7 Å². The number of rotatable bonds is 8. The van der Waals surface area contributed by atoms with Gasteiger partial charge >= 0.3 is 0 Å². The van der Waals surface area contributed by atoms with E-state index in [2.05, 4.69) is 37.7 Å². The molecule has 4 nitrogen and oxygen atoms in total. The number of benzene rings is 1. The Bertz CT molecular complexity index is 533. The molecule has 0 bridgehead atoms. The van der Waals surface area contributed by atoms with Crippen LogP contribution in [0.4, 0.5) is 0 Å². The first-order valence-corrected chi connectivity index (χ1v) is 8.77. The van der Waals surface area contributed by atoms with E-state index in [1.54, 1.807) is 0 Å². The molecule has 0 radical (unpaired) electrons. The molecule has 1 N–H and O–H groups in total. The minimum atomic E-state index is 0.552. The Labute approximate surface area is 131 Å². The summed E-state index contributed by atoms with van der Waals surface area (Å²) in [5, 5.41) is 11.5. The largest absolute Gasteiger partial charge is 0.419 e. The molecule has 0 atom stereocenters. The van der Waals surface area contributed by atoms with Crippen LogP contribution in [0, 0.1) is 0 Å². The highest BCUT2D eigenvalue weighted by molar-refractivity contribution is 9.10. The molecule has 2 aromatic rings. The fraction of sp³-hybridized carbons (Fsp3) is 0.429. The highest BCUT2D eigenvalue weighted by Crippen LogP contribution is 2.26. The van der Waals surface area contributed by atoms with Crippen molar-refractivity contribution in [3.63, 3.8) is 0 Å². The van der Waals surface area contributed by atoms with Crippen LogP contribution < -0.4 is 5.32 Å². The Kier molecular flexibility index (Phi) is 6.56. The molecule has 0 aliphatic carbocycles. The van der Waals surface area contributed by atoms with Crippen LogP contribution in [0.2, 0.25) is 0 Å². The van der Waals surface area contributed by atoms with Crippen LogP contribution in [0.15, 0.2) is 33.2 Å². The van der Waals surface area contributed by atoms with Crippen LogP contribution in [0.25, 0.3) is 11.5 Å². The maximum atomic E-state index is 5.66. The molecule has 108 valence electrons. The van der Waals surface area contributed by atoms with Gasteiger partial charge in [-0.15, -0.1) is 10.2 Å². The first kappa shape index (κ1) is 15.5. The minimum absolute atomic E-state index is 0.552. The number of thioether (sulfide) groups is 1. The lowest BCUT2D eigenvalue weighted by atomic mass is 10.2. The smallest absolute Gasteiger partial charge is 0.248 e. The van der Waals surface area contributed by atoms with Gasteiger partial charge in [0.15, 0.2) is 0 Å². The molecule has 0 amide bonds. The van der Waals surface area contributed by atoms with Crippen molar-refractivity contribution in [3.8, 4) is 11.5 Å². The van der Waals surface area contributed by atoms with Crippen molar-refractivity contribution in [2.24, 2.45) is 0 Å². The summed E-state index contributed by atoms with van der Waals surface area (Å²) < 4.78 is 6.62. The number of hydrogen-bond acceptors (Lipinski definition) is 5. The third-order valence-electron chi connectivity index (χ3n) is 2.80. The average Bonchev–Trinajstić information content (AvgIpc) is 2.92. The lowest BCUT2D eigenvalue weighted by Crippen LogP contribution is -2.15. The van der Waals surface area contributed by atoms with E-state index in [4.69, 9.17) is 4.42 Å². The number of halogens is 1. The lowest BCUT2D eigenvalue weighted by molar-refractivity contribution is 0.475. The van der Waals surface area contributed by atoms with E-state index < -0.39 is 0 Å². The van der Waals surface area contributed by atoms with Gasteiger partial charge in [-0.05, 0) is 59.5 Å². The zero-order chi connectivity index (χ0) is 14.2. The molecule has 0 saturated heterocycles. The van der Waals surface area contributed by atoms with Crippen LogP contribution in [-0.2, 0) is 6.54 Å². The number of unbranched alkanes of at least 4 members (excludes halogenated alkanes) is 1. The van der Waals surface area contributed by atoms with E-state index in [9.17, 15) is 0 Å². The lowest BCUT2D eigenvalue weighted by Gasteiger charge is -2.01. The second-order valence-electron chi connectivity index (χ2n) is 4.36. The first-order chi connectivity index (χ1) is 9.81. The summed E-state index contributed by atoms with van der Waals surface area (Å²) in [5.74, 6) is 2.39. The molecule has 0 saturated carbocycles. The third kappa shape index (κ3) is 4.61. The summed E-state index contributed by atoms with van der Waals surface area (Å²) in [4.78, 5) is 0. The second kappa shape index (κ2) is 8.44. The van der Waals surface area contributed by atoms with E-state index in [-0.39, 0.29) is 0 Å². The first-order valence-electron chi connectivity index (χ1n) is 6.58. The number of aromatic nitrogens is 2. The molecule has 0 unspecified atom stereocenters. The molecule has 20 heavy (non-hydrogen) atoms. The summed E-state index contributed by atoms with van der Waals surface area (Å²) in [6, 6.07) is 7.83. The highest BCUT2D eigenvalue weighted by Gasteiger charge is 2.10. The molecular weight excluding hydrogens is 338 g/mol. The zero-order valence-electron chi connectivity index (χ0n) is 11.4. The molecule has 0 aliphatic rings. The molecule has 1 heterocycles. The van der Waals surface area contributed by atoms with Crippen molar-refractivity contribution >= 4 is 27.7 Å². The van der Waals surface area contributed by atoms with Gasteiger partial charge < -0.3 is 9.73 Å². The molecule has 6 heteroatoms. The molecule has 0 fully saturated rings. The predicted octanol–water partition coefficient (Wildman–Crippen LogP) is 3.73. The molecule has 2 rings (SSSR count). The van der Waals surface area contributed by atoms with Crippen molar-refractivity contribution < 1.29 is 4.42 Å². The minimum Gasteiger partial charge on any atom is -0.419 e. The fourth-order valence-corrected chi connectivity index (χ4v) is 2.71. The van der Waals surface area contributed by atoms with E-state index in [1.165, 1.54) is 18.6 Å². The number of nitrogens with zero attached hydrogens (tertiary/aromatic N) is 2. The van der Waals surface area contributed by atoms with Crippen LogP contribution in [-0.4, -0.2) is 28.8 Å². The molecule has 0 spiro atoms. The van der Waals surface area contributed by atoms with Gasteiger partial charge in [-0.3, -0.25) is 0 Å². The van der Waals surface area contributed by atoms with Gasteiger partial charge in [0.25, 0.3) is 0 Å². The van der Waals surface area contributed by atoms with Crippen LogP contribution in [0.5, 0.6) is 0 Å². The van der Waals surface area contributed by atoms with Crippen molar-refractivity contribution in [1.29, 1.82) is 0 Å². The van der Waals surface area contributed by atoms with Crippen molar-refractivity contribution in [3.05, 3.63) is 34.6 Å². The molecule has 0 aliphatic heterocycles. The SMILES string of the molecule is CSCCCCNCc1nnc(-c2ccccc2Br)o1. The Morgan fingerprint density at radius 1 is 1.25 bits per heavy atom. The average molecular weight is 356 g/mol.